The Balaban J connectivity index is 1.61. The maximum atomic E-state index is 6.07. The van der Waals surface area contributed by atoms with Gasteiger partial charge in [-0.2, -0.15) is 0 Å². The van der Waals surface area contributed by atoms with Crippen LogP contribution in [0.1, 0.15) is 19.3 Å². The first-order valence-electron chi connectivity index (χ1n) is 7.22. The van der Waals surface area contributed by atoms with Crippen LogP contribution in [-0.4, -0.2) is 41.3 Å². The predicted molar refractivity (Wildman–Crippen MR) is 83.3 cm³/mol. The number of hydrogen-bond donors (Lipinski definition) is 1. The van der Waals surface area contributed by atoms with Gasteiger partial charge in [-0.25, -0.2) is 0 Å². The highest BCUT2D eigenvalue weighted by Gasteiger charge is 2.11. The molecule has 1 saturated heterocycles. The number of halogens is 1. The number of nitrogens with one attached hydrogen (secondary N) is 1. The highest BCUT2D eigenvalue weighted by molar-refractivity contribution is 6.34. The first-order valence-corrected chi connectivity index (χ1v) is 7.59. The van der Waals surface area contributed by atoms with E-state index in [1.165, 1.54) is 25.9 Å². The molecular formula is C15H19ClN4. The number of likely N-dealkylation sites (tertiary alicyclic amines) is 1. The highest BCUT2D eigenvalue weighted by atomic mass is 35.5. The molecule has 0 aliphatic carbocycles. The lowest BCUT2D eigenvalue weighted by Crippen LogP contribution is -2.22. The van der Waals surface area contributed by atoms with Crippen LogP contribution in [0.5, 0.6) is 0 Å². The Bertz CT molecular complexity index is 581. The smallest absolute Gasteiger partial charge is 0.159 e. The number of hydrogen-bond acceptors (Lipinski definition) is 4. The third-order valence-electron chi connectivity index (χ3n) is 3.78. The Morgan fingerprint density at radius 1 is 1.10 bits per heavy atom. The quantitative estimate of drug-likeness (QED) is 0.859. The van der Waals surface area contributed by atoms with Crippen LogP contribution >= 0.6 is 11.6 Å². The molecule has 0 atom stereocenters. The summed E-state index contributed by atoms with van der Waals surface area (Å²) in [6, 6.07) is 7.96. The van der Waals surface area contributed by atoms with Crippen molar-refractivity contribution in [3.63, 3.8) is 0 Å². The number of fused-ring (bicyclic) bond motifs is 1. The number of anilines is 1. The molecule has 4 nitrogen and oxygen atoms in total. The van der Waals surface area contributed by atoms with Crippen molar-refractivity contribution in [1.29, 1.82) is 0 Å². The predicted octanol–water partition coefficient (Wildman–Crippen LogP) is 3.18. The zero-order chi connectivity index (χ0) is 13.8. The van der Waals surface area contributed by atoms with E-state index in [1.807, 2.05) is 24.3 Å². The molecule has 1 N–H and O–H groups in total. The summed E-state index contributed by atoms with van der Waals surface area (Å²) in [7, 11) is 0. The molecule has 0 bridgehead atoms. The van der Waals surface area contributed by atoms with E-state index in [9.17, 15) is 0 Å². The summed E-state index contributed by atoms with van der Waals surface area (Å²) in [5.41, 5.74) is 0. The van der Waals surface area contributed by atoms with E-state index >= 15 is 0 Å². The van der Waals surface area contributed by atoms with Gasteiger partial charge in [-0.05, 0) is 38.9 Å². The van der Waals surface area contributed by atoms with Gasteiger partial charge in [0.2, 0.25) is 0 Å². The molecule has 1 fully saturated rings. The molecule has 3 rings (SSSR count). The Kier molecular flexibility index (Phi) is 4.33. The maximum absolute atomic E-state index is 6.07. The van der Waals surface area contributed by atoms with Crippen LogP contribution in [0.15, 0.2) is 24.3 Å². The monoisotopic (exact) mass is 290 g/mol. The second kappa shape index (κ2) is 6.37. The Labute approximate surface area is 124 Å². The first kappa shape index (κ1) is 13.6. The molecule has 0 saturated carbocycles. The molecule has 106 valence electrons. The summed E-state index contributed by atoms with van der Waals surface area (Å²) in [6.45, 7) is 4.58. The standard InChI is InChI=1S/C15H19ClN4/c16-14-12-6-1-2-7-13(12)15(19-18-14)17-8-5-11-20-9-3-4-10-20/h1-2,6-7H,3-5,8-11H2,(H,17,19). The lowest BCUT2D eigenvalue weighted by molar-refractivity contribution is 0.337. The van der Waals surface area contributed by atoms with Crippen molar-refractivity contribution in [2.45, 2.75) is 19.3 Å². The minimum Gasteiger partial charge on any atom is -0.368 e. The lowest BCUT2D eigenvalue weighted by Gasteiger charge is -2.14. The molecule has 0 spiro atoms. The highest BCUT2D eigenvalue weighted by Crippen LogP contribution is 2.25. The Hall–Kier alpha value is -1.39. The molecule has 1 aromatic heterocycles. The van der Waals surface area contributed by atoms with E-state index in [4.69, 9.17) is 11.6 Å². The van der Waals surface area contributed by atoms with Gasteiger partial charge in [0.05, 0.1) is 0 Å². The van der Waals surface area contributed by atoms with Crippen molar-refractivity contribution < 1.29 is 0 Å². The van der Waals surface area contributed by atoms with Crippen LogP contribution in [0.2, 0.25) is 5.15 Å². The van der Waals surface area contributed by atoms with E-state index in [-0.39, 0.29) is 0 Å². The minimum absolute atomic E-state index is 0.461. The van der Waals surface area contributed by atoms with Gasteiger partial charge in [-0.3, -0.25) is 0 Å². The number of benzene rings is 1. The summed E-state index contributed by atoms with van der Waals surface area (Å²) in [5, 5.41) is 14.0. The summed E-state index contributed by atoms with van der Waals surface area (Å²) in [4.78, 5) is 2.52. The average molecular weight is 291 g/mol. The Morgan fingerprint density at radius 3 is 2.65 bits per heavy atom. The zero-order valence-corrected chi connectivity index (χ0v) is 12.2. The van der Waals surface area contributed by atoms with Gasteiger partial charge < -0.3 is 10.2 Å². The zero-order valence-electron chi connectivity index (χ0n) is 11.5. The molecule has 1 aliphatic rings. The average Bonchev–Trinajstić information content (AvgIpc) is 2.99. The lowest BCUT2D eigenvalue weighted by atomic mass is 10.2. The summed E-state index contributed by atoms with van der Waals surface area (Å²) in [5.74, 6) is 0.825. The van der Waals surface area contributed by atoms with Gasteiger partial charge in [0, 0.05) is 17.3 Å². The van der Waals surface area contributed by atoms with Crippen LogP contribution < -0.4 is 5.32 Å². The first-order chi connectivity index (χ1) is 9.84. The van der Waals surface area contributed by atoms with Crippen molar-refractivity contribution in [3.05, 3.63) is 29.4 Å². The molecule has 0 amide bonds. The SMILES string of the molecule is Clc1nnc(NCCCN2CCCC2)c2ccccc12. The molecular weight excluding hydrogens is 272 g/mol. The van der Waals surface area contributed by atoms with Gasteiger partial charge in [0.1, 0.15) is 0 Å². The third-order valence-corrected chi connectivity index (χ3v) is 4.06. The fourth-order valence-electron chi connectivity index (χ4n) is 2.72. The van der Waals surface area contributed by atoms with E-state index in [1.54, 1.807) is 0 Å². The largest absolute Gasteiger partial charge is 0.368 e. The fourth-order valence-corrected chi connectivity index (χ4v) is 2.92. The van der Waals surface area contributed by atoms with Crippen LogP contribution in [0, 0.1) is 0 Å². The number of aromatic nitrogens is 2. The third kappa shape index (κ3) is 3.02. The summed E-state index contributed by atoms with van der Waals surface area (Å²) < 4.78 is 0. The van der Waals surface area contributed by atoms with Gasteiger partial charge in [-0.15, -0.1) is 10.2 Å². The van der Waals surface area contributed by atoms with Crippen LogP contribution in [0.25, 0.3) is 10.8 Å². The van der Waals surface area contributed by atoms with E-state index < -0.39 is 0 Å². The molecule has 20 heavy (non-hydrogen) atoms. The maximum Gasteiger partial charge on any atom is 0.159 e. The van der Waals surface area contributed by atoms with Gasteiger partial charge in [-0.1, -0.05) is 35.9 Å². The second-order valence-corrected chi connectivity index (χ2v) is 5.57. The van der Waals surface area contributed by atoms with Crippen molar-refractivity contribution >= 4 is 28.2 Å². The number of rotatable bonds is 5. The topological polar surface area (TPSA) is 41.1 Å². The van der Waals surface area contributed by atoms with Crippen molar-refractivity contribution in [2.75, 3.05) is 31.5 Å². The molecule has 2 aromatic rings. The van der Waals surface area contributed by atoms with E-state index in [0.29, 0.717) is 5.15 Å². The number of nitrogens with zero attached hydrogens (tertiary/aromatic N) is 3. The minimum atomic E-state index is 0.461. The molecule has 1 aromatic carbocycles. The van der Waals surface area contributed by atoms with Crippen molar-refractivity contribution in [1.82, 2.24) is 15.1 Å². The summed E-state index contributed by atoms with van der Waals surface area (Å²) in [6.07, 6.45) is 3.82. The van der Waals surface area contributed by atoms with Crippen LogP contribution in [-0.2, 0) is 0 Å². The van der Waals surface area contributed by atoms with E-state index in [0.717, 1.165) is 36.1 Å². The normalized spacial score (nSPS) is 15.8. The van der Waals surface area contributed by atoms with Gasteiger partial charge >= 0.3 is 0 Å². The molecule has 1 aliphatic heterocycles. The molecule has 5 heteroatoms. The summed E-state index contributed by atoms with van der Waals surface area (Å²) >= 11 is 6.07. The molecule has 0 unspecified atom stereocenters. The van der Waals surface area contributed by atoms with Gasteiger partial charge in [0.15, 0.2) is 11.0 Å². The second-order valence-electron chi connectivity index (χ2n) is 5.21. The van der Waals surface area contributed by atoms with Crippen LogP contribution in [0.4, 0.5) is 5.82 Å². The van der Waals surface area contributed by atoms with Crippen molar-refractivity contribution in [3.8, 4) is 0 Å². The van der Waals surface area contributed by atoms with Crippen LogP contribution in [0.3, 0.4) is 0 Å². The van der Waals surface area contributed by atoms with E-state index in [2.05, 4.69) is 20.4 Å². The fraction of sp³-hybridized carbons (Fsp3) is 0.467. The Morgan fingerprint density at radius 2 is 1.85 bits per heavy atom. The van der Waals surface area contributed by atoms with Crippen molar-refractivity contribution in [2.24, 2.45) is 0 Å². The van der Waals surface area contributed by atoms with Gasteiger partial charge in [0.25, 0.3) is 0 Å². The molecule has 0 radical (unpaired) electrons. The molecule has 2 heterocycles.